The third-order valence-electron chi connectivity index (χ3n) is 3.74. The molecule has 2 aromatic heterocycles. The van der Waals surface area contributed by atoms with E-state index in [1.807, 2.05) is 11.0 Å². The molecule has 1 amide bonds. The Hall–Kier alpha value is -2.24. The standard InChI is InChI=1S/C14H17N5O/c1-10(20)19-7-3-11(9-19)8-13-14(16-6-5-15-13)12-2-4-17-18-12/h2,4-6,11H,3,7-9H2,1H3,(H,17,18)/t11-/m1/s1. The number of carbonyl (C=O) groups is 1. The zero-order chi connectivity index (χ0) is 13.9. The molecule has 6 nitrogen and oxygen atoms in total. The lowest BCUT2D eigenvalue weighted by Crippen LogP contribution is -2.26. The Balaban J connectivity index is 1.77. The van der Waals surface area contributed by atoms with Crippen LogP contribution in [0.4, 0.5) is 0 Å². The van der Waals surface area contributed by atoms with Gasteiger partial charge in [-0.1, -0.05) is 0 Å². The first-order valence-electron chi connectivity index (χ1n) is 6.79. The van der Waals surface area contributed by atoms with Gasteiger partial charge in [0.25, 0.3) is 0 Å². The lowest BCUT2D eigenvalue weighted by atomic mass is 10.0. The van der Waals surface area contributed by atoms with Crippen molar-refractivity contribution in [1.29, 1.82) is 0 Å². The van der Waals surface area contributed by atoms with Gasteiger partial charge in [0.05, 0.1) is 11.4 Å². The van der Waals surface area contributed by atoms with Crippen LogP contribution in [0.3, 0.4) is 0 Å². The van der Waals surface area contributed by atoms with E-state index in [4.69, 9.17) is 0 Å². The van der Waals surface area contributed by atoms with Crippen molar-refractivity contribution in [3.8, 4) is 11.4 Å². The highest BCUT2D eigenvalue weighted by Gasteiger charge is 2.25. The Bertz CT molecular complexity index is 595. The number of H-pyrrole nitrogens is 1. The number of nitrogens with zero attached hydrogens (tertiary/aromatic N) is 4. The van der Waals surface area contributed by atoms with E-state index in [1.54, 1.807) is 25.5 Å². The molecule has 104 valence electrons. The van der Waals surface area contributed by atoms with E-state index in [9.17, 15) is 4.79 Å². The summed E-state index contributed by atoms with van der Waals surface area (Å²) in [6.07, 6.45) is 6.98. The summed E-state index contributed by atoms with van der Waals surface area (Å²) in [5.74, 6) is 0.609. The third-order valence-corrected chi connectivity index (χ3v) is 3.74. The third kappa shape index (κ3) is 2.54. The van der Waals surface area contributed by atoms with Crippen molar-refractivity contribution in [2.45, 2.75) is 19.8 Å². The molecular formula is C14H17N5O. The first kappa shape index (κ1) is 12.8. The van der Waals surface area contributed by atoms with Gasteiger partial charge >= 0.3 is 0 Å². The smallest absolute Gasteiger partial charge is 0.219 e. The monoisotopic (exact) mass is 271 g/mol. The zero-order valence-corrected chi connectivity index (χ0v) is 11.4. The van der Waals surface area contributed by atoms with E-state index in [-0.39, 0.29) is 5.91 Å². The van der Waals surface area contributed by atoms with Crippen molar-refractivity contribution >= 4 is 5.91 Å². The lowest BCUT2D eigenvalue weighted by molar-refractivity contribution is -0.127. The average Bonchev–Trinajstić information content (AvgIpc) is 3.10. The number of aromatic amines is 1. The largest absolute Gasteiger partial charge is 0.343 e. The van der Waals surface area contributed by atoms with E-state index in [0.29, 0.717) is 5.92 Å². The Kier molecular flexibility index (Phi) is 3.45. The highest BCUT2D eigenvalue weighted by atomic mass is 16.2. The molecule has 0 saturated carbocycles. The van der Waals surface area contributed by atoms with Gasteiger partial charge in [0, 0.05) is 38.6 Å². The van der Waals surface area contributed by atoms with E-state index in [0.717, 1.165) is 43.0 Å². The van der Waals surface area contributed by atoms with Gasteiger partial charge in [0.15, 0.2) is 0 Å². The predicted octanol–water partition coefficient (Wildman–Crippen LogP) is 1.28. The molecule has 1 N–H and O–H groups in total. The minimum atomic E-state index is 0.153. The first-order valence-corrected chi connectivity index (χ1v) is 6.79. The maximum Gasteiger partial charge on any atom is 0.219 e. The summed E-state index contributed by atoms with van der Waals surface area (Å²) in [7, 11) is 0. The van der Waals surface area contributed by atoms with Crippen LogP contribution in [-0.4, -0.2) is 44.1 Å². The van der Waals surface area contributed by atoms with Crippen molar-refractivity contribution in [3.05, 3.63) is 30.4 Å². The maximum atomic E-state index is 11.4. The van der Waals surface area contributed by atoms with Crippen LogP contribution < -0.4 is 0 Å². The van der Waals surface area contributed by atoms with Crippen molar-refractivity contribution < 1.29 is 4.79 Å². The number of hydrogen-bond acceptors (Lipinski definition) is 4. The van der Waals surface area contributed by atoms with E-state index < -0.39 is 0 Å². The Labute approximate surface area is 117 Å². The number of rotatable bonds is 3. The summed E-state index contributed by atoms with van der Waals surface area (Å²) in [5.41, 5.74) is 2.70. The predicted molar refractivity (Wildman–Crippen MR) is 73.7 cm³/mol. The molecule has 0 aromatic carbocycles. The number of aromatic nitrogens is 4. The quantitative estimate of drug-likeness (QED) is 0.912. The van der Waals surface area contributed by atoms with Crippen LogP contribution in [0.1, 0.15) is 19.0 Å². The lowest BCUT2D eigenvalue weighted by Gasteiger charge is -2.14. The van der Waals surface area contributed by atoms with Crippen LogP contribution in [0.25, 0.3) is 11.4 Å². The molecule has 1 saturated heterocycles. The number of nitrogens with one attached hydrogen (secondary N) is 1. The van der Waals surface area contributed by atoms with Crippen LogP contribution in [0.5, 0.6) is 0 Å². The fraction of sp³-hybridized carbons (Fsp3) is 0.429. The number of likely N-dealkylation sites (tertiary alicyclic amines) is 1. The van der Waals surface area contributed by atoms with Crippen LogP contribution in [0, 0.1) is 5.92 Å². The average molecular weight is 271 g/mol. The SMILES string of the molecule is CC(=O)N1CC[C@H](Cc2nccnc2-c2ccn[nH]2)C1. The summed E-state index contributed by atoms with van der Waals surface area (Å²) in [5, 5.41) is 6.89. The molecule has 0 bridgehead atoms. The normalized spacial score (nSPS) is 18.4. The molecular weight excluding hydrogens is 254 g/mol. The number of hydrogen-bond donors (Lipinski definition) is 1. The van der Waals surface area contributed by atoms with Crippen molar-refractivity contribution in [1.82, 2.24) is 25.1 Å². The highest BCUT2D eigenvalue weighted by Crippen LogP contribution is 2.24. The summed E-state index contributed by atoms with van der Waals surface area (Å²) < 4.78 is 0. The molecule has 0 radical (unpaired) electrons. The molecule has 0 spiro atoms. The Morgan fingerprint density at radius 2 is 2.25 bits per heavy atom. The summed E-state index contributed by atoms with van der Waals surface area (Å²) in [6.45, 7) is 3.29. The van der Waals surface area contributed by atoms with E-state index >= 15 is 0 Å². The van der Waals surface area contributed by atoms with Crippen LogP contribution in [0.2, 0.25) is 0 Å². The molecule has 3 rings (SSSR count). The minimum absolute atomic E-state index is 0.153. The van der Waals surface area contributed by atoms with Gasteiger partial charge in [-0.2, -0.15) is 5.10 Å². The Morgan fingerprint density at radius 1 is 1.40 bits per heavy atom. The molecule has 1 atom stereocenters. The number of amides is 1. The molecule has 2 aromatic rings. The van der Waals surface area contributed by atoms with E-state index in [2.05, 4.69) is 20.2 Å². The van der Waals surface area contributed by atoms with Crippen LogP contribution in [0.15, 0.2) is 24.7 Å². The molecule has 1 aliphatic rings. The molecule has 3 heterocycles. The van der Waals surface area contributed by atoms with Gasteiger partial charge in [-0.15, -0.1) is 0 Å². The maximum absolute atomic E-state index is 11.4. The van der Waals surface area contributed by atoms with E-state index in [1.165, 1.54) is 0 Å². The fourth-order valence-electron chi connectivity index (χ4n) is 2.69. The topological polar surface area (TPSA) is 74.8 Å². The summed E-state index contributed by atoms with van der Waals surface area (Å²) in [6, 6.07) is 1.89. The molecule has 0 aliphatic carbocycles. The molecule has 20 heavy (non-hydrogen) atoms. The molecule has 0 unspecified atom stereocenters. The van der Waals surface area contributed by atoms with Gasteiger partial charge in [0.1, 0.15) is 5.69 Å². The molecule has 6 heteroatoms. The summed E-state index contributed by atoms with van der Waals surface area (Å²) in [4.78, 5) is 22.1. The van der Waals surface area contributed by atoms with Crippen molar-refractivity contribution in [2.75, 3.05) is 13.1 Å². The fourth-order valence-corrected chi connectivity index (χ4v) is 2.69. The van der Waals surface area contributed by atoms with Gasteiger partial charge in [-0.25, -0.2) is 0 Å². The van der Waals surface area contributed by atoms with Gasteiger partial charge in [-0.05, 0) is 24.8 Å². The second-order valence-corrected chi connectivity index (χ2v) is 5.15. The first-order chi connectivity index (χ1) is 9.74. The Morgan fingerprint density at radius 3 is 2.95 bits per heavy atom. The number of carbonyl (C=O) groups excluding carboxylic acids is 1. The van der Waals surface area contributed by atoms with Crippen molar-refractivity contribution in [3.63, 3.8) is 0 Å². The zero-order valence-electron chi connectivity index (χ0n) is 11.4. The van der Waals surface area contributed by atoms with Crippen LogP contribution in [-0.2, 0) is 11.2 Å². The molecule has 1 aliphatic heterocycles. The van der Waals surface area contributed by atoms with Gasteiger partial charge in [0.2, 0.25) is 5.91 Å². The van der Waals surface area contributed by atoms with Gasteiger partial charge in [-0.3, -0.25) is 19.9 Å². The second kappa shape index (κ2) is 5.40. The van der Waals surface area contributed by atoms with Crippen LogP contribution >= 0.6 is 0 Å². The van der Waals surface area contributed by atoms with Gasteiger partial charge < -0.3 is 4.90 Å². The highest BCUT2D eigenvalue weighted by molar-refractivity contribution is 5.73. The minimum Gasteiger partial charge on any atom is -0.343 e. The van der Waals surface area contributed by atoms with Crippen molar-refractivity contribution in [2.24, 2.45) is 5.92 Å². The summed E-state index contributed by atoms with van der Waals surface area (Å²) >= 11 is 0. The second-order valence-electron chi connectivity index (χ2n) is 5.15. The molecule has 1 fully saturated rings.